The maximum absolute atomic E-state index is 13.6. The number of hydrogen-bond acceptors (Lipinski definition) is 8. The van der Waals surface area contributed by atoms with Crippen molar-refractivity contribution in [1.82, 2.24) is 25.9 Å². The lowest BCUT2D eigenvalue weighted by molar-refractivity contribution is -0.132. The van der Waals surface area contributed by atoms with Gasteiger partial charge in [-0.05, 0) is 32.3 Å². The van der Waals surface area contributed by atoms with Crippen LogP contribution < -0.4 is 26.6 Å². The highest BCUT2D eigenvalue weighted by molar-refractivity contribution is 5.93. The second-order valence-electron chi connectivity index (χ2n) is 10.3. The van der Waals surface area contributed by atoms with Crippen LogP contribution in [0.1, 0.15) is 45.9 Å². The molecule has 0 spiro atoms. The van der Waals surface area contributed by atoms with E-state index in [-0.39, 0.29) is 23.8 Å². The van der Waals surface area contributed by atoms with Gasteiger partial charge in [0.2, 0.25) is 23.7 Å². The minimum absolute atomic E-state index is 0.109. The van der Waals surface area contributed by atoms with Gasteiger partial charge in [0.1, 0.15) is 23.9 Å². The normalized spacial score (nSPS) is 20.8. The first-order valence-corrected chi connectivity index (χ1v) is 13.5. The van der Waals surface area contributed by atoms with Crippen molar-refractivity contribution >= 4 is 29.5 Å². The monoisotopic (exact) mass is 539 g/mol. The summed E-state index contributed by atoms with van der Waals surface area (Å²) in [6.45, 7) is 10.6. The lowest BCUT2D eigenvalue weighted by Gasteiger charge is -2.26. The average Bonchev–Trinajstić information content (AvgIpc) is 2.89. The van der Waals surface area contributed by atoms with Crippen molar-refractivity contribution in [3.63, 3.8) is 0 Å². The summed E-state index contributed by atoms with van der Waals surface area (Å²) in [5.74, 6) is -0.424. The minimum Gasteiger partial charge on any atom is -0.377 e. The Bertz CT molecular complexity index is 1110. The number of fused-ring (bicyclic) bond motifs is 2. The highest BCUT2D eigenvalue weighted by Gasteiger charge is 2.30. The Morgan fingerprint density at radius 3 is 2.41 bits per heavy atom. The molecule has 11 heteroatoms. The lowest BCUT2D eigenvalue weighted by atomic mass is 10.0. The third-order valence-electron chi connectivity index (χ3n) is 6.22. The Balaban J connectivity index is 1.94. The van der Waals surface area contributed by atoms with Gasteiger partial charge in [0.15, 0.2) is 0 Å². The highest BCUT2D eigenvalue weighted by atomic mass is 16.5. The molecule has 0 fully saturated rings. The molecular weight excluding hydrogens is 498 g/mol. The van der Waals surface area contributed by atoms with Gasteiger partial charge in [-0.15, -0.1) is 0 Å². The molecule has 0 saturated carbocycles. The minimum atomic E-state index is -0.822. The number of carbonyl (C=O) groups excluding carboxylic acids is 3. The molecule has 0 saturated heterocycles. The summed E-state index contributed by atoms with van der Waals surface area (Å²) in [6, 6.07) is 9.12. The number of amides is 3. The molecule has 5 N–H and O–H groups in total. The van der Waals surface area contributed by atoms with Gasteiger partial charge < -0.3 is 31.3 Å². The molecule has 3 atom stereocenters. The van der Waals surface area contributed by atoms with Crippen molar-refractivity contribution in [3.05, 3.63) is 47.7 Å². The van der Waals surface area contributed by atoms with Crippen molar-refractivity contribution in [2.45, 2.75) is 71.7 Å². The van der Waals surface area contributed by atoms with Gasteiger partial charge in [-0.2, -0.15) is 4.98 Å². The van der Waals surface area contributed by atoms with E-state index in [2.05, 4.69) is 36.6 Å². The van der Waals surface area contributed by atoms with Crippen LogP contribution in [-0.2, 0) is 32.0 Å². The van der Waals surface area contributed by atoms with Gasteiger partial charge in [0.05, 0.1) is 12.7 Å². The molecule has 1 aromatic carbocycles. The van der Waals surface area contributed by atoms with Crippen LogP contribution in [0.15, 0.2) is 36.4 Å². The fourth-order valence-corrected chi connectivity index (χ4v) is 4.10. The molecule has 1 aliphatic rings. The maximum atomic E-state index is 13.6. The number of carbonyl (C=O) groups is 3. The van der Waals surface area contributed by atoms with Crippen molar-refractivity contribution in [1.29, 1.82) is 0 Å². The molecule has 0 radical (unpaired) electrons. The highest BCUT2D eigenvalue weighted by Crippen LogP contribution is 2.15. The fourth-order valence-electron chi connectivity index (χ4n) is 4.10. The first-order chi connectivity index (χ1) is 18.6. The van der Waals surface area contributed by atoms with Crippen LogP contribution in [0.5, 0.6) is 0 Å². The first-order valence-electron chi connectivity index (χ1n) is 13.5. The second kappa shape index (κ2) is 14.4. The maximum Gasteiger partial charge on any atom is 0.243 e. The van der Waals surface area contributed by atoms with E-state index in [4.69, 9.17) is 4.74 Å². The standard InChI is InChI=1S/C28H41N7O4/c1-17(2)24-27(38)31-19(5)25(36)29-12-11-21-16-23(34-28(32-21)30-13-14-39-18(3)4)33-22(26(37)35-24)15-20-9-7-6-8-10-20/h6-10,16-19,22,24H,11-15H2,1-5H3,(H,29,36)(H,31,38)(H,35,37)(H2,30,32,33,34)/t19-,22-,24+/m0/s1. The van der Waals surface area contributed by atoms with Crippen LogP contribution in [0.4, 0.5) is 11.8 Å². The third-order valence-corrected chi connectivity index (χ3v) is 6.22. The van der Waals surface area contributed by atoms with E-state index >= 15 is 0 Å². The van der Waals surface area contributed by atoms with Gasteiger partial charge in [-0.25, -0.2) is 4.98 Å². The van der Waals surface area contributed by atoms with Crippen molar-refractivity contribution < 1.29 is 19.1 Å². The van der Waals surface area contributed by atoms with Gasteiger partial charge in [-0.1, -0.05) is 44.2 Å². The molecule has 11 nitrogen and oxygen atoms in total. The van der Waals surface area contributed by atoms with E-state index in [9.17, 15) is 14.4 Å². The van der Waals surface area contributed by atoms with Gasteiger partial charge >= 0.3 is 0 Å². The molecule has 2 aromatic rings. The number of aromatic nitrogens is 2. The third kappa shape index (κ3) is 9.51. The van der Waals surface area contributed by atoms with E-state index in [0.717, 1.165) is 5.56 Å². The summed E-state index contributed by atoms with van der Waals surface area (Å²) < 4.78 is 5.60. The number of anilines is 2. The second-order valence-corrected chi connectivity index (χ2v) is 10.3. The summed E-state index contributed by atoms with van der Waals surface area (Å²) >= 11 is 0. The summed E-state index contributed by atoms with van der Waals surface area (Å²) in [4.78, 5) is 48.5. The van der Waals surface area contributed by atoms with Crippen molar-refractivity contribution in [3.8, 4) is 0 Å². The van der Waals surface area contributed by atoms with E-state index in [1.165, 1.54) is 0 Å². The molecule has 3 rings (SSSR count). The Labute approximate surface area is 230 Å². The van der Waals surface area contributed by atoms with E-state index in [1.807, 2.05) is 58.0 Å². The Hall–Kier alpha value is -3.73. The summed E-state index contributed by atoms with van der Waals surface area (Å²) in [6.07, 6.45) is 0.920. The topological polar surface area (TPSA) is 146 Å². The molecule has 212 valence electrons. The molecule has 2 heterocycles. The molecular formula is C28H41N7O4. The average molecular weight is 540 g/mol. The van der Waals surface area contributed by atoms with E-state index in [0.29, 0.717) is 50.0 Å². The quantitative estimate of drug-likeness (QED) is 0.318. The molecule has 0 aliphatic carbocycles. The van der Waals surface area contributed by atoms with Crippen LogP contribution in [0.25, 0.3) is 0 Å². The predicted molar refractivity (Wildman–Crippen MR) is 150 cm³/mol. The zero-order valence-corrected chi connectivity index (χ0v) is 23.4. The van der Waals surface area contributed by atoms with Gasteiger partial charge in [0.25, 0.3) is 0 Å². The Morgan fingerprint density at radius 1 is 0.974 bits per heavy atom. The van der Waals surface area contributed by atoms with Gasteiger partial charge in [0, 0.05) is 37.7 Å². The molecule has 2 bridgehead atoms. The van der Waals surface area contributed by atoms with Crippen LogP contribution in [0.3, 0.4) is 0 Å². The number of benzene rings is 1. The predicted octanol–water partition coefficient (Wildman–Crippen LogP) is 1.65. The summed E-state index contributed by atoms with van der Waals surface area (Å²) in [5, 5.41) is 14.9. The number of rotatable bonds is 8. The van der Waals surface area contributed by atoms with Crippen LogP contribution in [0, 0.1) is 5.92 Å². The summed E-state index contributed by atoms with van der Waals surface area (Å²) in [7, 11) is 0. The number of hydrogen-bond donors (Lipinski definition) is 5. The van der Waals surface area contributed by atoms with E-state index in [1.54, 1.807) is 13.0 Å². The zero-order chi connectivity index (χ0) is 28.4. The van der Waals surface area contributed by atoms with Crippen LogP contribution >= 0.6 is 0 Å². The first kappa shape index (κ1) is 29.8. The smallest absolute Gasteiger partial charge is 0.243 e. The zero-order valence-electron chi connectivity index (χ0n) is 23.4. The molecule has 1 aromatic heterocycles. The fraction of sp³-hybridized carbons (Fsp3) is 0.536. The number of nitrogens with zero attached hydrogens (tertiary/aromatic N) is 2. The Kier molecular flexibility index (Phi) is 11.0. The number of nitrogens with one attached hydrogen (secondary N) is 5. The van der Waals surface area contributed by atoms with Crippen LogP contribution in [-0.4, -0.2) is 71.6 Å². The van der Waals surface area contributed by atoms with Crippen molar-refractivity contribution in [2.24, 2.45) is 5.92 Å². The largest absolute Gasteiger partial charge is 0.377 e. The SMILES string of the molecule is CC(C)OCCNc1nc2cc(n1)N[C@@H](Cc1ccccc1)C(=O)N[C@H](C(C)C)C(=O)N[C@@H](C)C(=O)NCC2. The molecule has 1 aliphatic heterocycles. The lowest BCUT2D eigenvalue weighted by Crippen LogP contribution is -2.56. The molecule has 0 unspecified atom stereocenters. The molecule has 39 heavy (non-hydrogen) atoms. The van der Waals surface area contributed by atoms with E-state index < -0.39 is 24.0 Å². The summed E-state index contributed by atoms with van der Waals surface area (Å²) in [5.41, 5.74) is 1.64. The molecule has 3 amide bonds. The Morgan fingerprint density at radius 2 is 1.72 bits per heavy atom. The van der Waals surface area contributed by atoms with Crippen molar-refractivity contribution in [2.75, 3.05) is 30.3 Å². The number of ether oxygens (including phenoxy) is 1. The van der Waals surface area contributed by atoms with Gasteiger partial charge in [-0.3, -0.25) is 14.4 Å². The van der Waals surface area contributed by atoms with Crippen LogP contribution in [0.2, 0.25) is 0 Å².